The minimum Gasteiger partial charge on any atom is -0.481 e. The first kappa shape index (κ1) is 22.4. The molecule has 0 fully saturated rings. The van der Waals surface area contributed by atoms with Gasteiger partial charge in [-0.2, -0.15) is 18.4 Å². The van der Waals surface area contributed by atoms with E-state index < -0.39 is 32.7 Å². The van der Waals surface area contributed by atoms with E-state index in [-0.39, 0.29) is 23.5 Å². The van der Waals surface area contributed by atoms with Crippen LogP contribution in [0.3, 0.4) is 0 Å². The molecule has 32 heavy (non-hydrogen) atoms. The predicted octanol–water partition coefficient (Wildman–Crippen LogP) is 0.371. The maximum atomic E-state index is 13.0. The van der Waals surface area contributed by atoms with Crippen molar-refractivity contribution >= 4 is 28.0 Å². The Hall–Kier alpha value is -4.27. The molecule has 0 aliphatic carbocycles. The molecule has 0 aromatic carbocycles. The number of nitrogens with zero attached hydrogens (tertiary/aromatic N) is 5. The van der Waals surface area contributed by atoms with Crippen molar-refractivity contribution in [2.45, 2.75) is 5.03 Å². The monoisotopic (exact) mass is 463 g/mol. The number of sulfonamides is 1. The Morgan fingerprint density at radius 1 is 1.03 bits per heavy atom. The number of esters is 1. The van der Waals surface area contributed by atoms with Gasteiger partial charge in [0.25, 0.3) is 10.0 Å². The molecule has 15 heteroatoms. The van der Waals surface area contributed by atoms with Crippen molar-refractivity contribution in [2.24, 2.45) is 0 Å². The van der Waals surface area contributed by atoms with E-state index in [1.165, 1.54) is 32.5 Å². The summed E-state index contributed by atoms with van der Waals surface area (Å²) in [6.07, 6.45) is 2.48. The number of ether oxygens (including phenoxy) is 3. The number of nitrogens with one attached hydrogen (secondary N) is 2. The first-order valence-electron chi connectivity index (χ1n) is 8.67. The third kappa shape index (κ3) is 4.72. The number of amides is 2. The van der Waals surface area contributed by atoms with Crippen LogP contribution in [0.4, 0.5) is 10.7 Å². The van der Waals surface area contributed by atoms with Gasteiger partial charge in [0.15, 0.2) is 10.7 Å². The fourth-order valence-corrected chi connectivity index (χ4v) is 3.64. The van der Waals surface area contributed by atoms with Crippen molar-refractivity contribution in [3.8, 4) is 17.6 Å². The third-order valence-electron chi connectivity index (χ3n) is 3.80. The molecule has 3 aromatic rings. The van der Waals surface area contributed by atoms with Crippen LogP contribution in [0, 0.1) is 0 Å². The maximum Gasteiger partial charge on any atom is 0.359 e. The quantitative estimate of drug-likeness (QED) is 0.463. The molecule has 2 amide bonds. The Bertz CT molecular complexity index is 1220. The predicted molar refractivity (Wildman–Crippen MR) is 107 cm³/mol. The van der Waals surface area contributed by atoms with Crippen LogP contribution < -0.4 is 19.5 Å². The summed E-state index contributed by atoms with van der Waals surface area (Å²) in [4.78, 5) is 40.1. The van der Waals surface area contributed by atoms with E-state index in [0.29, 0.717) is 0 Å². The van der Waals surface area contributed by atoms with Gasteiger partial charge in [0.2, 0.25) is 17.7 Å². The van der Waals surface area contributed by atoms with Crippen LogP contribution in [0.5, 0.6) is 11.8 Å². The van der Waals surface area contributed by atoms with Crippen molar-refractivity contribution in [3.05, 3.63) is 42.5 Å². The Labute approximate surface area is 181 Å². The van der Waals surface area contributed by atoms with Gasteiger partial charge in [0.05, 0.1) is 27.4 Å². The highest BCUT2D eigenvalue weighted by Gasteiger charge is 2.32. The lowest BCUT2D eigenvalue weighted by atomic mass is 10.4. The number of anilines is 1. The van der Waals surface area contributed by atoms with Gasteiger partial charge in [-0.3, -0.25) is 9.88 Å². The van der Waals surface area contributed by atoms with E-state index in [0.717, 1.165) is 18.0 Å². The van der Waals surface area contributed by atoms with E-state index in [9.17, 15) is 18.0 Å². The minimum atomic E-state index is -4.65. The van der Waals surface area contributed by atoms with Crippen LogP contribution in [0.25, 0.3) is 5.82 Å². The molecule has 0 saturated heterocycles. The van der Waals surface area contributed by atoms with E-state index >= 15 is 0 Å². The molecule has 3 aromatic heterocycles. The molecule has 0 unspecified atom stereocenters. The molecule has 168 valence electrons. The molecular weight excluding hydrogens is 446 g/mol. The average molecular weight is 463 g/mol. The number of urea groups is 1. The van der Waals surface area contributed by atoms with Crippen LogP contribution in [0.2, 0.25) is 0 Å². The van der Waals surface area contributed by atoms with Crippen molar-refractivity contribution < 1.29 is 32.2 Å². The summed E-state index contributed by atoms with van der Waals surface area (Å²) in [7, 11) is -0.918. The SMILES string of the molecule is COC(=O)c1ncn(-c2ccccn2)c1S(=O)(=O)NC(=O)Nc1nc(OC)cc(OC)n1. The minimum absolute atomic E-state index is 0.0659. The zero-order valence-corrected chi connectivity index (χ0v) is 17.8. The lowest BCUT2D eigenvalue weighted by Gasteiger charge is -2.12. The number of imidazole rings is 1. The number of methoxy groups -OCH3 is 3. The second kappa shape index (κ2) is 9.25. The Morgan fingerprint density at radius 3 is 2.28 bits per heavy atom. The number of aromatic nitrogens is 5. The normalized spacial score (nSPS) is 10.8. The average Bonchev–Trinajstić information content (AvgIpc) is 3.24. The smallest absolute Gasteiger partial charge is 0.359 e. The van der Waals surface area contributed by atoms with Crippen LogP contribution >= 0.6 is 0 Å². The number of carbonyl (C=O) groups excluding carboxylic acids is 2. The van der Waals surface area contributed by atoms with Gasteiger partial charge in [-0.05, 0) is 12.1 Å². The second-order valence-corrected chi connectivity index (χ2v) is 7.38. The summed E-state index contributed by atoms with van der Waals surface area (Å²) in [6.45, 7) is 0. The molecule has 3 heterocycles. The summed E-state index contributed by atoms with van der Waals surface area (Å²) in [5, 5.41) is 1.51. The Kier molecular flexibility index (Phi) is 6.48. The molecule has 0 saturated carbocycles. The summed E-state index contributed by atoms with van der Waals surface area (Å²) in [5.41, 5.74) is -0.544. The van der Waals surface area contributed by atoms with E-state index in [1.54, 1.807) is 16.9 Å². The molecule has 3 rings (SSSR count). The number of hydrogen-bond acceptors (Lipinski definition) is 11. The molecule has 2 N–H and O–H groups in total. The van der Waals surface area contributed by atoms with Gasteiger partial charge in [-0.25, -0.2) is 24.3 Å². The van der Waals surface area contributed by atoms with Gasteiger partial charge in [0.1, 0.15) is 12.1 Å². The van der Waals surface area contributed by atoms with Crippen molar-refractivity contribution in [3.63, 3.8) is 0 Å². The lowest BCUT2D eigenvalue weighted by Crippen LogP contribution is -2.36. The highest BCUT2D eigenvalue weighted by atomic mass is 32.2. The van der Waals surface area contributed by atoms with Crippen LogP contribution in [0.1, 0.15) is 10.5 Å². The van der Waals surface area contributed by atoms with Gasteiger partial charge in [-0.15, -0.1) is 0 Å². The fraction of sp³-hybridized carbons (Fsp3) is 0.176. The highest BCUT2D eigenvalue weighted by Crippen LogP contribution is 2.20. The number of pyridine rings is 1. The number of rotatable bonds is 7. The largest absolute Gasteiger partial charge is 0.481 e. The second-order valence-electron chi connectivity index (χ2n) is 5.78. The van der Waals surface area contributed by atoms with Crippen molar-refractivity contribution in [1.82, 2.24) is 29.2 Å². The molecule has 0 aliphatic rings. The molecular formula is C17H17N7O7S. The van der Waals surface area contributed by atoms with Gasteiger partial charge in [-0.1, -0.05) is 6.07 Å². The lowest BCUT2D eigenvalue weighted by molar-refractivity contribution is 0.0589. The molecule has 0 radical (unpaired) electrons. The zero-order chi connectivity index (χ0) is 23.3. The zero-order valence-electron chi connectivity index (χ0n) is 17.0. The van der Waals surface area contributed by atoms with Crippen LogP contribution in [-0.4, -0.2) is 66.3 Å². The number of hydrogen-bond donors (Lipinski definition) is 2. The summed E-state index contributed by atoms with van der Waals surface area (Å²) in [5.74, 6) is -1.05. The van der Waals surface area contributed by atoms with Crippen LogP contribution in [-0.2, 0) is 14.8 Å². The first-order valence-corrected chi connectivity index (χ1v) is 10.1. The summed E-state index contributed by atoms with van der Waals surface area (Å²) in [6, 6.07) is 4.84. The molecule has 0 aliphatic heterocycles. The topological polar surface area (TPSA) is 177 Å². The van der Waals surface area contributed by atoms with Crippen molar-refractivity contribution in [1.29, 1.82) is 0 Å². The van der Waals surface area contributed by atoms with Crippen molar-refractivity contribution in [2.75, 3.05) is 26.6 Å². The summed E-state index contributed by atoms with van der Waals surface area (Å²) >= 11 is 0. The Morgan fingerprint density at radius 2 is 1.72 bits per heavy atom. The van der Waals surface area contributed by atoms with Gasteiger partial charge >= 0.3 is 12.0 Å². The van der Waals surface area contributed by atoms with E-state index in [2.05, 4.69) is 30.0 Å². The highest BCUT2D eigenvalue weighted by molar-refractivity contribution is 7.90. The van der Waals surface area contributed by atoms with E-state index in [1.807, 2.05) is 0 Å². The molecule has 0 spiro atoms. The van der Waals surface area contributed by atoms with E-state index in [4.69, 9.17) is 9.47 Å². The first-order chi connectivity index (χ1) is 15.3. The third-order valence-corrected chi connectivity index (χ3v) is 5.16. The number of carbonyl (C=O) groups is 2. The van der Waals surface area contributed by atoms with Crippen LogP contribution in [0.15, 0.2) is 41.8 Å². The Balaban J connectivity index is 1.95. The van der Waals surface area contributed by atoms with Gasteiger partial charge in [0, 0.05) is 6.20 Å². The fourth-order valence-electron chi connectivity index (χ4n) is 2.46. The standard InChI is InChI=1S/C17H17N7O7S/c1-29-11-8-12(30-2)21-16(20-11)22-17(26)23-32(27,28)14-13(15(25)31-3)19-9-24(14)10-6-4-5-7-18-10/h4-9H,1-3H3,(H2,20,21,22,23,26). The van der Waals surface area contributed by atoms with Gasteiger partial charge < -0.3 is 14.2 Å². The summed E-state index contributed by atoms with van der Waals surface area (Å²) < 4.78 is 43.4. The molecule has 0 atom stereocenters. The molecule has 0 bridgehead atoms. The molecule has 14 nitrogen and oxygen atoms in total. The maximum absolute atomic E-state index is 13.0.